The van der Waals surface area contributed by atoms with Crippen LogP contribution in [-0.2, 0) is 0 Å². The van der Waals surface area contributed by atoms with Crippen molar-refractivity contribution in [1.82, 2.24) is 15.2 Å². The van der Waals surface area contributed by atoms with E-state index in [4.69, 9.17) is 11.6 Å². The molecule has 2 atom stereocenters. The Hall–Kier alpha value is -1.17. The quantitative estimate of drug-likeness (QED) is 0.789. The van der Waals surface area contributed by atoms with Crippen LogP contribution in [-0.4, -0.2) is 53.2 Å². The maximum absolute atomic E-state index is 12.1. The molecule has 2 heterocycles. The molecule has 1 saturated heterocycles. The zero-order valence-corrected chi connectivity index (χ0v) is 10.2. The molecule has 1 aromatic rings. The lowest BCUT2D eigenvalue weighted by atomic mass is 10.2. The van der Waals surface area contributed by atoms with E-state index in [1.165, 1.54) is 11.1 Å². The van der Waals surface area contributed by atoms with Crippen LogP contribution in [0.15, 0.2) is 18.3 Å². The van der Waals surface area contributed by atoms with Gasteiger partial charge in [-0.2, -0.15) is 0 Å². The number of rotatable bonds is 2. The van der Waals surface area contributed by atoms with Crippen LogP contribution < -0.4 is 5.32 Å². The number of aliphatic hydroxyl groups is 1. The number of aromatic nitrogens is 1. The van der Waals surface area contributed by atoms with E-state index in [1.807, 2.05) is 0 Å². The minimum Gasteiger partial charge on any atom is -0.390 e. The topological polar surface area (TPSA) is 65.5 Å². The summed E-state index contributed by atoms with van der Waals surface area (Å²) in [6, 6.07) is 2.99. The van der Waals surface area contributed by atoms with Gasteiger partial charge in [-0.1, -0.05) is 11.6 Å². The summed E-state index contributed by atoms with van der Waals surface area (Å²) in [5.41, 5.74) is 0.330. The van der Waals surface area contributed by atoms with Crippen molar-refractivity contribution in [3.8, 4) is 0 Å². The maximum atomic E-state index is 12.1. The Morgan fingerprint density at radius 3 is 2.88 bits per heavy atom. The van der Waals surface area contributed by atoms with Crippen molar-refractivity contribution < 1.29 is 9.90 Å². The lowest BCUT2D eigenvalue weighted by Gasteiger charge is -2.26. The third-order valence-corrected chi connectivity index (χ3v) is 3.14. The van der Waals surface area contributed by atoms with Crippen LogP contribution in [0.1, 0.15) is 10.5 Å². The second-order valence-electron chi connectivity index (χ2n) is 4.07. The Morgan fingerprint density at radius 2 is 2.35 bits per heavy atom. The van der Waals surface area contributed by atoms with Gasteiger partial charge >= 0.3 is 0 Å². The largest absolute Gasteiger partial charge is 0.390 e. The monoisotopic (exact) mass is 255 g/mol. The van der Waals surface area contributed by atoms with Crippen molar-refractivity contribution in [2.75, 3.05) is 20.1 Å². The average molecular weight is 256 g/mol. The van der Waals surface area contributed by atoms with Gasteiger partial charge < -0.3 is 15.3 Å². The number of β-amino-alcohol motifs (C(OH)–C–C–N with tert-alkyl or cyclic N) is 1. The molecule has 5 nitrogen and oxygen atoms in total. The van der Waals surface area contributed by atoms with Crippen LogP contribution in [0.5, 0.6) is 0 Å². The first kappa shape index (κ1) is 12.3. The van der Waals surface area contributed by atoms with Crippen molar-refractivity contribution in [3.05, 3.63) is 29.0 Å². The predicted octanol–water partition coefficient (Wildman–Crippen LogP) is 0.140. The highest BCUT2D eigenvalue weighted by molar-refractivity contribution is 6.30. The molecule has 0 aromatic carbocycles. The number of pyridine rings is 1. The lowest BCUT2D eigenvalue weighted by Crippen LogP contribution is -2.44. The maximum Gasteiger partial charge on any atom is 0.272 e. The number of halogens is 1. The lowest BCUT2D eigenvalue weighted by molar-refractivity contribution is 0.0576. The van der Waals surface area contributed by atoms with Crippen molar-refractivity contribution in [2.24, 2.45) is 0 Å². The molecule has 2 rings (SSSR count). The molecule has 0 spiro atoms. The number of nitrogens with one attached hydrogen (secondary N) is 1. The fourth-order valence-corrected chi connectivity index (χ4v) is 1.99. The second-order valence-corrected chi connectivity index (χ2v) is 4.51. The number of carbonyl (C=O) groups is 1. The molecule has 2 N–H and O–H groups in total. The highest BCUT2D eigenvalue weighted by atomic mass is 35.5. The molecule has 1 amide bonds. The van der Waals surface area contributed by atoms with Crippen LogP contribution in [0.25, 0.3) is 0 Å². The van der Waals surface area contributed by atoms with E-state index < -0.39 is 6.10 Å². The van der Waals surface area contributed by atoms with Crippen LogP contribution in [0.3, 0.4) is 0 Å². The zero-order chi connectivity index (χ0) is 12.4. The van der Waals surface area contributed by atoms with Crippen molar-refractivity contribution >= 4 is 17.5 Å². The summed E-state index contributed by atoms with van der Waals surface area (Å²) in [4.78, 5) is 17.6. The molecule has 1 fully saturated rings. The number of hydrogen-bond donors (Lipinski definition) is 2. The molecule has 0 saturated carbocycles. The molecule has 1 aromatic heterocycles. The fourth-order valence-electron chi connectivity index (χ4n) is 1.88. The van der Waals surface area contributed by atoms with Crippen molar-refractivity contribution in [1.29, 1.82) is 0 Å². The van der Waals surface area contributed by atoms with E-state index in [0.717, 1.165) is 0 Å². The first-order valence-electron chi connectivity index (χ1n) is 5.37. The van der Waals surface area contributed by atoms with E-state index in [1.54, 1.807) is 19.2 Å². The number of likely N-dealkylation sites (N-methyl/N-ethyl adjacent to an activating group) is 1. The predicted molar refractivity (Wildman–Crippen MR) is 64.0 cm³/mol. The van der Waals surface area contributed by atoms with Crippen LogP contribution >= 0.6 is 11.6 Å². The normalized spacial score (nSPS) is 23.7. The minimum absolute atomic E-state index is 0.208. The number of aliphatic hydroxyl groups excluding tert-OH is 1. The summed E-state index contributed by atoms with van der Waals surface area (Å²) in [5.74, 6) is -0.214. The molecule has 17 heavy (non-hydrogen) atoms. The summed E-state index contributed by atoms with van der Waals surface area (Å²) in [6.07, 6.45) is 0.905. The molecule has 0 aliphatic carbocycles. The van der Waals surface area contributed by atoms with E-state index in [-0.39, 0.29) is 11.9 Å². The van der Waals surface area contributed by atoms with E-state index in [0.29, 0.717) is 23.8 Å². The fraction of sp³-hybridized carbons (Fsp3) is 0.455. The van der Waals surface area contributed by atoms with Gasteiger partial charge in [-0.3, -0.25) is 4.79 Å². The molecule has 1 aliphatic rings. The van der Waals surface area contributed by atoms with E-state index in [2.05, 4.69) is 10.3 Å². The summed E-state index contributed by atoms with van der Waals surface area (Å²) < 4.78 is 0. The molecule has 92 valence electrons. The SMILES string of the molecule is CN(C(=O)c1ccc(Cl)cn1)[C@@H]1CNC[C@H]1O. The van der Waals surface area contributed by atoms with Gasteiger partial charge in [-0.25, -0.2) is 4.98 Å². The Kier molecular flexibility index (Phi) is 3.61. The third kappa shape index (κ3) is 2.57. The van der Waals surface area contributed by atoms with E-state index in [9.17, 15) is 9.90 Å². The van der Waals surface area contributed by atoms with Gasteiger partial charge in [-0.15, -0.1) is 0 Å². The van der Waals surface area contributed by atoms with Crippen LogP contribution in [0.2, 0.25) is 5.02 Å². The van der Waals surface area contributed by atoms with Gasteiger partial charge in [0.05, 0.1) is 17.2 Å². The van der Waals surface area contributed by atoms with Gasteiger partial charge in [-0.05, 0) is 12.1 Å². The van der Waals surface area contributed by atoms with Crippen LogP contribution in [0.4, 0.5) is 0 Å². The number of hydrogen-bond acceptors (Lipinski definition) is 4. The van der Waals surface area contributed by atoms with Crippen molar-refractivity contribution in [3.63, 3.8) is 0 Å². The smallest absolute Gasteiger partial charge is 0.272 e. The molecule has 0 bridgehead atoms. The Bertz CT molecular complexity index is 410. The van der Waals surface area contributed by atoms with Gasteiger partial charge in [0.15, 0.2) is 0 Å². The number of amides is 1. The number of nitrogens with zero attached hydrogens (tertiary/aromatic N) is 2. The molecule has 1 aliphatic heterocycles. The molecule has 6 heteroatoms. The summed E-state index contributed by atoms with van der Waals surface area (Å²) in [6.45, 7) is 1.10. The van der Waals surface area contributed by atoms with Gasteiger partial charge in [0.1, 0.15) is 5.69 Å². The molecular formula is C11H14ClN3O2. The summed E-state index contributed by atoms with van der Waals surface area (Å²) in [7, 11) is 1.67. The second kappa shape index (κ2) is 5.00. The Morgan fingerprint density at radius 1 is 1.59 bits per heavy atom. The third-order valence-electron chi connectivity index (χ3n) is 2.92. The molecule has 0 unspecified atom stereocenters. The average Bonchev–Trinajstić information content (AvgIpc) is 2.74. The van der Waals surface area contributed by atoms with Gasteiger partial charge in [0.2, 0.25) is 0 Å². The van der Waals surface area contributed by atoms with Gasteiger partial charge in [0, 0.05) is 26.3 Å². The highest BCUT2D eigenvalue weighted by Crippen LogP contribution is 2.12. The Labute approximate surface area is 104 Å². The standard InChI is InChI=1S/C11H14ClN3O2/c1-15(9-5-13-6-10(9)16)11(17)8-3-2-7(12)4-14-8/h2-4,9-10,13,16H,5-6H2,1H3/t9-,10-/m1/s1. The number of carbonyl (C=O) groups excluding carboxylic acids is 1. The highest BCUT2D eigenvalue weighted by Gasteiger charge is 2.31. The molecule has 0 radical (unpaired) electrons. The Balaban J connectivity index is 2.11. The van der Waals surface area contributed by atoms with Gasteiger partial charge in [0.25, 0.3) is 5.91 Å². The summed E-state index contributed by atoms with van der Waals surface area (Å²) >= 11 is 5.71. The molecular weight excluding hydrogens is 242 g/mol. The summed E-state index contributed by atoms with van der Waals surface area (Å²) in [5, 5.41) is 13.2. The van der Waals surface area contributed by atoms with Crippen LogP contribution in [0, 0.1) is 0 Å². The minimum atomic E-state index is -0.531. The van der Waals surface area contributed by atoms with Crippen molar-refractivity contribution in [2.45, 2.75) is 12.1 Å². The first-order chi connectivity index (χ1) is 8.09. The first-order valence-corrected chi connectivity index (χ1v) is 5.75. The van der Waals surface area contributed by atoms with E-state index >= 15 is 0 Å². The zero-order valence-electron chi connectivity index (χ0n) is 9.43.